The maximum Gasteiger partial charge on any atom is 0.280 e. The van der Waals surface area contributed by atoms with E-state index in [0.717, 1.165) is 50.2 Å². The minimum absolute atomic E-state index is 0.0156. The number of thiazole rings is 1. The Hall–Kier alpha value is -2.52. The van der Waals surface area contributed by atoms with Crippen molar-refractivity contribution in [2.24, 2.45) is 0 Å². The van der Waals surface area contributed by atoms with Gasteiger partial charge in [-0.3, -0.25) is 13.7 Å². The average molecular weight is 550 g/mol. The molecule has 2 heterocycles. The summed E-state index contributed by atoms with van der Waals surface area (Å²) in [7, 11) is -0.762. The van der Waals surface area contributed by atoms with Crippen LogP contribution in [0.5, 0.6) is 0 Å². The molecule has 192 valence electrons. The Bertz CT molecular complexity index is 1430. The van der Waals surface area contributed by atoms with Gasteiger partial charge in [0, 0.05) is 49.9 Å². The number of carbonyl (C=O) groups is 1. The van der Waals surface area contributed by atoms with Crippen molar-refractivity contribution in [1.29, 1.82) is 0 Å². The van der Waals surface area contributed by atoms with Crippen molar-refractivity contribution in [3.05, 3.63) is 71.7 Å². The van der Waals surface area contributed by atoms with Crippen molar-refractivity contribution < 1.29 is 9.00 Å². The molecule has 1 saturated heterocycles. The normalized spacial score (nSPS) is 18.1. The van der Waals surface area contributed by atoms with Gasteiger partial charge in [0.1, 0.15) is 0 Å². The lowest BCUT2D eigenvalue weighted by atomic mass is 10.0. The second-order valence-electron chi connectivity index (χ2n) is 10.3. The van der Waals surface area contributed by atoms with Crippen LogP contribution in [0.3, 0.4) is 0 Å². The molecule has 1 aliphatic heterocycles. The third-order valence-electron chi connectivity index (χ3n) is 6.19. The molecule has 0 atom stereocenters. The Morgan fingerprint density at radius 3 is 2.35 bits per heavy atom. The molecule has 2 N–H and O–H groups in total. The minimum Gasteiger partial charge on any atom is -0.347 e. The lowest BCUT2D eigenvalue weighted by Gasteiger charge is -2.21. The molecule has 0 bridgehead atoms. The van der Waals surface area contributed by atoms with Crippen LogP contribution in [-0.4, -0.2) is 38.2 Å². The van der Waals surface area contributed by atoms with Gasteiger partial charge in [0.25, 0.3) is 5.91 Å². The lowest BCUT2D eigenvalue weighted by molar-refractivity contribution is 0.0934. The molecule has 0 unspecified atom stereocenters. The van der Waals surface area contributed by atoms with E-state index in [2.05, 4.69) is 67.2 Å². The molecule has 0 spiro atoms. The van der Waals surface area contributed by atoms with Crippen molar-refractivity contribution in [1.82, 2.24) is 15.0 Å². The zero-order chi connectivity index (χ0) is 26.0. The molecule has 0 radical (unpaired) electrons. The zero-order valence-electron chi connectivity index (χ0n) is 21.2. The molecule has 5 nitrogen and oxygen atoms in total. The third kappa shape index (κ3) is 6.14. The summed E-state index contributed by atoms with van der Waals surface area (Å²) >= 11 is 3.08. The number of carbonyl (C=O) groups excluding carboxylic acids is 1. The van der Waals surface area contributed by atoms with Crippen LogP contribution in [0.2, 0.25) is 0 Å². The Balaban J connectivity index is 1.56. The van der Waals surface area contributed by atoms with Crippen molar-refractivity contribution in [3.63, 3.8) is 0 Å². The number of nitrogens with one attached hydrogen (secondary N) is 2. The smallest absolute Gasteiger partial charge is 0.280 e. The SMILES string of the molecule is CC(C)(C)NSc1ccc(-c2sc(C(=O)NC3CCS(=O)CC3)nc2-c2ccccc2)c2ccccc12. The van der Waals surface area contributed by atoms with E-state index in [4.69, 9.17) is 4.98 Å². The number of rotatable bonds is 6. The molecule has 0 aliphatic carbocycles. The van der Waals surface area contributed by atoms with Crippen molar-refractivity contribution >= 4 is 50.8 Å². The maximum absolute atomic E-state index is 13.3. The monoisotopic (exact) mass is 549 g/mol. The largest absolute Gasteiger partial charge is 0.347 e. The molecule has 4 aromatic rings. The predicted octanol–water partition coefficient (Wildman–Crippen LogP) is 6.67. The van der Waals surface area contributed by atoms with Gasteiger partial charge in [-0.1, -0.05) is 60.7 Å². The first-order chi connectivity index (χ1) is 17.8. The first-order valence-corrected chi connectivity index (χ1v) is 15.6. The fourth-order valence-corrected chi connectivity index (χ4v) is 7.51. The molecule has 1 fully saturated rings. The number of benzene rings is 3. The van der Waals surface area contributed by atoms with Crippen LogP contribution in [0.1, 0.15) is 43.4 Å². The third-order valence-corrected chi connectivity index (χ3v) is 9.95. The van der Waals surface area contributed by atoms with Crippen molar-refractivity contribution in [3.8, 4) is 21.7 Å². The van der Waals surface area contributed by atoms with E-state index in [1.165, 1.54) is 11.3 Å². The summed E-state index contributed by atoms with van der Waals surface area (Å²) in [5.41, 5.74) is 2.86. The topological polar surface area (TPSA) is 71.1 Å². The van der Waals surface area contributed by atoms with E-state index < -0.39 is 10.8 Å². The Morgan fingerprint density at radius 2 is 1.65 bits per heavy atom. The van der Waals surface area contributed by atoms with Crippen LogP contribution in [-0.2, 0) is 10.8 Å². The van der Waals surface area contributed by atoms with Crippen LogP contribution in [0, 0.1) is 0 Å². The van der Waals surface area contributed by atoms with Gasteiger partial charge in [0.15, 0.2) is 5.01 Å². The van der Waals surface area contributed by atoms with Gasteiger partial charge in [-0.25, -0.2) is 4.98 Å². The Kier molecular flexibility index (Phi) is 7.81. The van der Waals surface area contributed by atoms with Gasteiger partial charge in [-0.15, -0.1) is 11.3 Å². The van der Waals surface area contributed by atoms with Crippen molar-refractivity contribution in [2.45, 2.75) is 50.1 Å². The first-order valence-electron chi connectivity index (χ1n) is 12.5. The molecular formula is C29H31N3O2S3. The molecule has 0 saturated carbocycles. The van der Waals surface area contributed by atoms with E-state index in [-0.39, 0.29) is 17.5 Å². The van der Waals surface area contributed by atoms with Gasteiger partial charge >= 0.3 is 0 Å². The molecule has 1 aromatic heterocycles. The zero-order valence-corrected chi connectivity index (χ0v) is 23.7. The van der Waals surface area contributed by atoms with E-state index in [0.29, 0.717) is 16.5 Å². The van der Waals surface area contributed by atoms with E-state index in [1.54, 1.807) is 11.9 Å². The lowest BCUT2D eigenvalue weighted by Crippen LogP contribution is -2.39. The average Bonchev–Trinajstić information content (AvgIpc) is 3.34. The van der Waals surface area contributed by atoms with E-state index >= 15 is 0 Å². The number of hydrogen-bond donors (Lipinski definition) is 2. The summed E-state index contributed by atoms with van der Waals surface area (Å²) < 4.78 is 15.3. The summed E-state index contributed by atoms with van der Waals surface area (Å²) in [5.74, 6) is 1.13. The quantitative estimate of drug-likeness (QED) is 0.263. The number of hydrogen-bond acceptors (Lipinski definition) is 6. The van der Waals surface area contributed by atoms with Crippen LogP contribution < -0.4 is 10.0 Å². The highest BCUT2D eigenvalue weighted by Gasteiger charge is 2.25. The van der Waals surface area contributed by atoms with Crippen LogP contribution in [0.25, 0.3) is 32.5 Å². The van der Waals surface area contributed by atoms with Gasteiger partial charge in [-0.05, 0) is 62.4 Å². The van der Waals surface area contributed by atoms with E-state index in [1.807, 2.05) is 30.3 Å². The number of fused-ring (bicyclic) bond motifs is 1. The minimum atomic E-state index is -0.762. The summed E-state index contributed by atoms with van der Waals surface area (Å²) in [6.07, 6.45) is 1.49. The molecule has 1 amide bonds. The Morgan fingerprint density at radius 1 is 0.973 bits per heavy atom. The van der Waals surface area contributed by atoms with Crippen LogP contribution in [0.4, 0.5) is 0 Å². The molecule has 5 rings (SSSR count). The fourth-order valence-electron chi connectivity index (χ4n) is 4.34. The van der Waals surface area contributed by atoms with Crippen LogP contribution >= 0.6 is 23.3 Å². The predicted molar refractivity (Wildman–Crippen MR) is 158 cm³/mol. The molecule has 1 aliphatic rings. The highest BCUT2D eigenvalue weighted by atomic mass is 32.2. The summed E-state index contributed by atoms with van der Waals surface area (Å²) in [5, 5.41) is 5.89. The van der Waals surface area contributed by atoms with Crippen molar-refractivity contribution in [2.75, 3.05) is 11.5 Å². The van der Waals surface area contributed by atoms with Crippen LogP contribution in [0.15, 0.2) is 71.6 Å². The second-order valence-corrected chi connectivity index (χ2v) is 13.8. The Labute approximate surface area is 229 Å². The van der Waals surface area contributed by atoms with E-state index in [9.17, 15) is 9.00 Å². The molecular weight excluding hydrogens is 519 g/mol. The summed E-state index contributed by atoms with van der Waals surface area (Å²) in [6.45, 7) is 6.46. The molecule has 8 heteroatoms. The second kappa shape index (κ2) is 11.1. The summed E-state index contributed by atoms with van der Waals surface area (Å²) in [4.78, 5) is 20.3. The molecule has 37 heavy (non-hydrogen) atoms. The maximum atomic E-state index is 13.3. The number of amides is 1. The number of nitrogens with zero attached hydrogens (tertiary/aromatic N) is 1. The fraction of sp³-hybridized carbons (Fsp3) is 0.310. The standard InChI is InChI=1S/C29H31N3O2S3/c1-29(2,3)32-36-24-14-13-23(21-11-7-8-12-22(21)24)26-25(19-9-5-4-6-10-19)31-28(35-26)27(33)30-20-15-17-37(34)18-16-20/h4-14,20,32H,15-18H2,1-3H3,(H,30,33). The molecule has 3 aromatic carbocycles. The first kappa shape index (κ1) is 26.1. The van der Waals surface area contributed by atoms with Gasteiger partial charge in [0.2, 0.25) is 0 Å². The highest BCUT2D eigenvalue weighted by molar-refractivity contribution is 7.97. The highest BCUT2D eigenvalue weighted by Crippen LogP contribution is 2.42. The van der Waals surface area contributed by atoms with Gasteiger partial charge < -0.3 is 5.32 Å². The van der Waals surface area contributed by atoms with Gasteiger partial charge in [0.05, 0.1) is 10.6 Å². The summed E-state index contributed by atoms with van der Waals surface area (Å²) in [6, 6.07) is 22.8. The van der Waals surface area contributed by atoms with Gasteiger partial charge in [-0.2, -0.15) is 0 Å². The number of aromatic nitrogens is 1.